The third kappa shape index (κ3) is 4.33. The van der Waals surface area contributed by atoms with E-state index in [2.05, 4.69) is 21.4 Å². The van der Waals surface area contributed by atoms with E-state index in [0.717, 1.165) is 4.61 Å². The molecule has 0 radical (unpaired) electrons. The standard InChI is InChI=1S/C13H13BrClFN4S/c14-12-8-20(18-13(17)21)7-6-19(12)5-4-9-10(15)2-1-3-11(9)16/h1-3,6-8H,4-5H2,(H3,17,18,21). The summed E-state index contributed by atoms with van der Waals surface area (Å²) in [4.78, 5) is 1.92. The molecular weight excluding hydrogens is 379 g/mol. The molecule has 0 fully saturated rings. The molecule has 0 spiro atoms. The number of rotatable bonds is 4. The van der Waals surface area contributed by atoms with Gasteiger partial charge in [0.15, 0.2) is 5.11 Å². The third-order valence-corrected chi connectivity index (χ3v) is 3.94. The average Bonchev–Trinajstić information content (AvgIpc) is 2.39. The van der Waals surface area contributed by atoms with Crippen LogP contribution in [0.2, 0.25) is 5.02 Å². The van der Waals surface area contributed by atoms with Crippen molar-refractivity contribution in [2.24, 2.45) is 5.73 Å². The molecule has 0 bridgehead atoms. The molecule has 21 heavy (non-hydrogen) atoms. The highest BCUT2D eigenvalue weighted by Gasteiger charge is 2.13. The number of thiocarbonyl (C=S) groups is 1. The van der Waals surface area contributed by atoms with Crippen molar-refractivity contribution in [3.63, 3.8) is 0 Å². The summed E-state index contributed by atoms with van der Waals surface area (Å²) in [5, 5.41) is 2.23. The van der Waals surface area contributed by atoms with Gasteiger partial charge in [0.05, 0.1) is 6.20 Å². The lowest BCUT2D eigenvalue weighted by atomic mass is 10.1. The number of hydrogen-bond acceptors (Lipinski definition) is 3. The molecule has 0 amide bonds. The van der Waals surface area contributed by atoms with Gasteiger partial charge in [0.25, 0.3) is 0 Å². The molecule has 1 aliphatic heterocycles. The molecule has 112 valence electrons. The zero-order chi connectivity index (χ0) is 15.4. The largest absolute Gasteiger partial charge is 0.375 e. The van der Waals surface area contributed by atoms with E-state index in [-0.39, 0.29) is 10.9 Å². The summed E-state index contributed by atoms with van der Waals surface area (Å²) >= 11 is 14.2. The van der Waals surface area contributed by atoms with Gasteiger partial charge in [-0.05, 0) is 46.7 Å². The number of halogens is 3. The molecule has 0 saturated carbocycles. The Morgan fingerprint density at radius 2 is 2.19 bits per heavy atom. The summed E-state index contributed by atoms with van der Waals surface area (Å²) in [6.45, 7) is 0.579. The predicted molar refractivity (Wildman–Crippen MR) is 89.7 cm³/mol. The Labute approximate surface area is 141 Å². The van der Waals surface area contributed by atoms with Crippen LogP contribution >= 0.6 is 39.7 Å². The van der Waals surface area contributed by atoms with Crippen LogP contribution in [-0.4, -0.2) is 21.6 Å². The van der Waals surface area contributed by atoms with Crippen LogP contribution in [0.25, 0.3) is 0 Å². The van der Waals surface area contributed by atoms with E-state index in [1.54, 1.807) is 29.5 Å². The molecule has 1 aromatic rings. The third-order valence-electron chi connectivity index (χ3n) is 2.83. The Kier molecular flexibility index (Phi) is 5.44. The second-order valence-electron chi connectivity index (χ2n) is 4.28. The van der Waals surface area contributed by atoms with E-state index in [9.17, 15) is 4.39 Å². The summed E-state index contributed by atoms with van der Waals surface area (Å²) in [6.07, 6.45) is 5.83. The molecule has 1 aromatic carbocycles. The minimum atomic E-state index is -0.291. The number of nitrogens with one attached hydrogen (secondary N) is 1. The summed E-state index contributed by atoms with van der Waals surface area (Å²) in [7, 11) is 0. The monoisotopic (exact) mass is 390 g/mol. The van der Waals surface area contributed by atoms with Crippen molar-refractivity contribution in [2.45, 2.75) is 6.42 Å². The average molecular weight is 392 g/mol. The highest BCUT2D eigenvalue weighted by molar-refractivity contribution is 9.11. The smallest absolute Gasteiger partial charge is 0.183 e. The van der Waals surface area contributed by atoms with E-state index in [0.29, 0.717) is 23.6 Å². The van der Waals surface area contributed by atoms with Crippen molar-refractivity contribution in [2.75, 3.05) is 6.54 Å². The number of hydrazine groups is 1. The van der Waals surface area contributed by atoms with Crippen molar-refractivity contribution >= 4 is 44.9 Å². The molecule has 1 aliphatic rings. The number of hydrogen-bond donors (Lipinski definition) is 2. The lowest BCUT2D eigenvalue weighted by Gasteiger charge is -2.28. The Bertz CT molecular complexity index is 588. The van der Waals surface area contributed by atoms with Gasteiger partial charge in [0.1, 0.15) is 10.4 Å². The van der Waals surface area contributed by atoms with E-state index < -0.39 is 0 Å². The fourth-order valence-electron chi connectivity index (χ4n) is 1.84. The molecule has 0 saturated heterocycles. The number of nitrogens with two attached hydrogens (primary N) is 1. The quantitative estimate of drug-likeness (QED) is 0.610. The van der Waals surface area contributed by atoms with Crippen LogP contribution in [-0.2, 0) is 6.42 Å². The Morgan fingerprint density at radius 3 is 2.81 bits per heavy atom. The van der Waals surface area contributed by atoms with Crippen molar-refractivity contribution < 1.29 is 4.39 Å². The highest BCUT2D eigenvalue weighted by atomic mass is 79.9. The van der Waals surface area contributed by atoms with Crippen molar-refractivity contribution in [1.29, 1.82) is 0 Å². The summed E-state index contributed by atoms with van der Waals surface area (Å²) < 4.78 is 14.5. The van der Waals surface area contributed by atoms with Gasteiger partial charge in [-0.1, -0.05) is 17.7 Å². The molecule has 4 nitrogen and oxygen atoms in total. The van der Waals surface area contributed by atoms with Crippen LogP contribution in [0.3, 0.4) is 0 Å². The number of benzene rings is 1. The second-order valence-corrected chi connectivity index (χ2v) is 5.94. The zero-order valence-corrected chi connectivity index (χ0v) is 14.1. The van der Waals surface area contributed by atoms with Gasteiger partial charge in [0.2, 0.25) is 0 Å². The van der Waals surface area contributed by atoms with Gasteiger partial charge >= 0.3 is 0 Å². The lowest BCUT2D eigenvalue weighted by Crippen LogP contribution is -2.40. The van der Waals surface area contributed by atoms with Gasteiger partial charge in [0, 0.05) is 29.5 Å². The molecular formula is C13H13BrClFN4S. The van der Waals surface area contributed by atoms with Gasteiger partial charge in [-0.3, -0.25) is 10.4 Å². The molecule has 0 aliphatic carbocycles. The minimum Gasteiger partial charge on any atom is -0.375 e. The van der Waals surface area contributed by atoms with Gasteiger partial charge in [-0.15, -0.1) is 0 Å². The van der Waals surface area contributed by atoms with Gasteiger partial charge in [-0.2, -0.15) is 0 Å². The second kappa shape index (κ2) is 7.11. The van der Waals surface area contributed by atoms with E-state index >= 15 is 0 Å². The van der Waals surface area contributed by atoms with Gasteiger partial charge in [-0.25, -0.2) is 4.39 Å². The van der Waals surface area contributed by atoms with Crippen molar-refractivity contribution in [1.82, 2.24) is 15.3 Å². The van der Waals surface area contributed by atoms with E-state index in [1.165, 1.54) is 6.07 Å². The lowest BCUT2D eigenvalue weighted by molar-refractivity contribution is 0.389. The van der Waals surface area contributed by atoms with Gasteiger partial charge < -0.3 is 10.6 Å². The SMILES string of the molecule is NC(=S)NN1C=CN(CCc2c(F)cccc2Cl)C(Br)=C1. The molecule has 0 atom stereocenters. The first kappa shape index (κ1) is 16.1. The summed E-state index contributed by atoms with van der Waals surface area (Å²) in [6, 6.07) is 4.69. The van der Waals surface area contributed by atoms with Crippen LogP contribution in [0, 0.1) is 5.82 Å². The first-order valence-electron chi connectivity index (χ1n) is 6.07. The van der Waals surface area contributed by atoms with E-state index in [4.69, 9.17) is 29.6 Å². The first-order chi connectivity index (χ1) is 9.97. The first-order valence-corrected chi connectivity index (χ1v) is 7.65. The molecule has 1 heterocycles. The van der Waals surface area contributed by atoms with E-state index in [1.807, 2.05) is 11.1 Å². The molecule has 8 heteroatoms. The van der Waals surface area contributed by atoms with Crippen LogP contribution in [0.1, 0.15) is 5.56 Å². The Hall–Kier alpha value is -1.31. The molecule has 0 unspecified atom stereocenters. The summed E-state index contributed by atoms with van der Waals surface area (Å²) in [5.41, 5.74) is 8.68. The zero-order valence-electron chi connectivity index (χ0n) is 10.9. The fourth-order valence-corrected chi connectivity index (χ4v) is 2.72. The Morgan fingerprint density at radius 1 is 1.43 bits per heavy atom. The molecule has 2 rings (SSSR count). The number of nitrogens with zero attached hydrogens (tertiary/aromatic N) is 2. The van der Waals surface area contributed by atoms with Crippen LogP contribution in [0.5, 0.6) is 0 Å². The fraction of sp³-hybridized carbons (Fsp3) is 0.154. The molecule has 0 aromatic heterocycles. The maximum absolute atomic E-state index is 13.7. The minimum absolute atomic E-state index is 0.169. The van der Waals surface area contributed by atoms with Crippen LogP contribution < -0.4 is 11.2 Å². The normalized spacial score (nSPS) is 14.1. The molecule has 3 N–H and O–H groups in total. The highest BCUT2D eigenvalue weighted by Crippen LogP contribution is 2.23. The van der Waals surface area contributed by atoms with Crippen molar-refractivity contribution in [3.05, 3.63) is 57.8 Å². The van der Waals surface area contributed by atoms with Crippen LogP contribution in [0.4, 0.5) is 4.39 Å². The summed E-state index contributed by atoms with van der Waals surface area (Å²) in [5.74, 6) is -0.291. The van der Waals surface area contributed by atoms with Crippen LogP contribution in [0.15, 0.2) is 41.4 Å². The maximum Gasteiger partial charge on any atom is 0.183 e. The predicted octanol–water partition coefficient (Wildman–Crippen LogP) is 3.05. The Balaban J connectivity index is 1.99. The maximum atomic E-state index is 13.7. The topological polar surface area (TPSA) is 44.5 Å². The van der Waals surface area contributed by atoms with Crippen molar-refractivity contribution in [3.8, 4) is 0 Å².